The number of rotatable bonds is 4. The maximum Gasteiger partial charge on any atom is 0.209 e. The van der Waals surface area contributed by atoms with Crippen LogP contribution in [0, 0.1) is 0 Å². The zero-order valence-corrected chi connectivity index (χ0v) is 13.2. The lowest BCUT2D eigenvalue weighted by Gasteiger charge is -2.00. The molecule has 1 N–H and O–H groups in total. The molecule has 0 aliphatic heterocycles. The molecule has 0 radical (unpaired) electrons. The quantitative estimate of drug-likeness (QED) is 0.676. The van der Waals surface area contributed by atoms with Crippen molar-refractivity contribution in [2.75, 3.05) is 0 Å². The van der Waals surface area contributed by atoms with Crippen LogP contribution < -0.4 is 0 Å². The molecule has 0 amide bonds. The second-order valence-corrected chi connectivity index (χ2v) is 6.08. The largest absolute Gasteiger partial charge is 0.258 e. The van der Waals surface area contributed by atoms with Crippen molar-refractivity contribution < 1.29 is 0 Å². The van der Waals surface area contributed by atoms with Crippen molar-refractivity contribution in [2.45, 2.75) is 10.9 Å². The first kappa shape index (κ1) is 14.4. The third-order valence-corrected chi connectivity index (χ3v) is 4.50. The van der Waals surface area contributed by atoms with Gasteiger partial charge in [0.05, 0.1) is 5.02 Å². The normalized spacial score (nSPS) is 10.8. The first-order valence-electron chi connectivity index (χ1n) is 6.27. The van der Waals surface area contributed by atoms with Gasteiger partial charge in [0, 0.05) is 16.3 Å². The van der Waals surface area contributed by atoms with Gasteiger partial charge in [0.15, 0.2) is 5.82 Å². The Hall–Kier alpha value is -1.49. The molecule has 3 rings (SSSR count). The Morgan fingerprint density at radius 2 is 1.67 bits per heavy atom. The standard InChI is InChI=1S/C15H11Cl2N3S/c16-12-7-3-1-5-10(12)9-21-15-18-14(19-20-15)11-6-2-4-8-13(11)17/h1-8H,9H2,(H,18,19,20). The molecule has 21 heavy (non-hydrogen) atoms. The number of nitrogens with zero attached hydrogens (tertiary/aromatic N) is 2. The first-order valence-corrected chi connectivity index (χ1v) is 8.01. The third-order valence-electron chi connectivity index (χ3n) is 2.91. The number of nitrogens with one attached hydrogen (secondary N) is 1. The van der Waals surface area contributed by atoms with Crippen molar-refractivity contribution >= 4 is 35.0 Å². The summed E-state index contributed by atoms with van der Waals surface area (Å²) in [5.74, 6) is 1.39. The van der Waals surface area contributed by atoms with Crippen molar-refractivity contribution in [1.82, 2.24) is 15.2 Å². The fourth-order valence-electron chi connectivity index (χ4n) is 1.84. The molecule has 0 aliphatic rings. The van der Waals surface area contributed by atoms with E-state index in [1.165, 1.54) is 11.8 Å². The summed E-state index contributed by atoms with van der Waals surface area (Å²) in [7, 11) is 0. The van der Waals surface area contributed by atoms with Gasteiger partial charge in [-0.15, -0.1) is 5.10 Å². The summed E-state index contributed by atoms with van der Waals surface area (Å²) >= 11 is 13.8. The number of hydrogen-bond acceptors (Lipinski definition) is 3. The van der Waals surface area contributed by atoms with E-state index in [2.05, 4.69) is 15.2 Å². The van der Waals surface area contributed by atoms with Crippen molar-refractivity contribution in [1.29, 1.82) is 0 Å². The number of hydrogen-bond donors (Lipinski definition) is 1. The molecule has 1 heterocycles. The molecule has 0 unspecified atom stereocenters. The highest BCUT2D eigenvalue weighted by atomic mass is 35.5. The highest BCUT2D eigenvalue weighted by Crippen LogP contribution is 2.28. The molecule has 0 fully saturated rings. The topological polar surface area (TPSA) is 41.6 Å². The van der Waals surface area contributed by atoms with E-state index < -0.39 is 0 Å². The number of halogens is 2. The number of thioether (sulfide) groups is 1. The average Bonchev–Trinajstić information content (AvgIpc) is 2.96. The minimum atomic E-state index is 0.649. The van der Waals surface area contributed by atoms with Crippen LogP contribution in [0.3, 0.4) is 0 Å². The molecular weight excluding hydrogens is 325 g/mol. The van der Waals surface area contributed by atoms with Gasteiger partial charge >= 0.3 is 0 Å². The Morgan fingerprint density at radius 1 is 0.952 bits per heavy atom. The lowest BCUT2D eigenvalue weighted by Crippen LogP contribution is -1.83. The second kappa shape index (κ2) is 6.52. The van der Waals surface area contributed by atoms with Crippen LogP contribution in [0.15, 0.2) is 53.7 Å². The highest BCUT2D eigenvalue weighted by molar-refractivity contribution is 7.98. The van der Waals surface area contributed by atoms with Gasteiger partial charge in [-0.25, -0.2) is 4.98 Å². The van der Waals surface area contributed by atoms with Gasteiger partial charge in [0.25, 0.3) is 0 Å². The van der Waals surface area contributed by atoms with E-state index in [4.69, 9.17) is 23.2 Å². The smallest absolute Gasteiger partial charge is 0.209 e. The van der Waals surface area contributed by atoms with E-state index in [0.29, 0.717) is 16.0 Å². The van der Waals surface area contributed by atoms with Gasteiger partial charge < -0.3 is 0 Å². The summed E-state index contributed by atoms with van der Waals surface area (Å²) in [5.41, 5.74) is 1.91. The summed E-state index contributed by atoms with van der Waals surface area (Å²) in [6.45, 7) is 0. The highest BCUT2D eigenvalue weighted by Gasteiger charge is 2.09. The molecule has 2 aromatic carbocycles. The van der Waals surface area contributed by atoms with E-state index in [9.17, 15) is 0 Å². The number of aromatic amines is 1. The van der Waals surface area contributed by atoms with Crippen LogP contribution in [-0.2, 0) is 5.75 Å². The van der Waals surface area contributed by atoms with Gasteiger partial charge in [-0.2, -0.15) is 0 Å². The van der Waals surface area contributed by atoms with Crippen LogP contribution in [0.25, 0.3) is 11.4 Å². The van der Waals surface area contributed by atoms with Crippen molar-refractivity contribution in [3.8, 4) is 11.4 Å². The Morgan fingerprint density at radius 3 is 2.43 bits per heavy atom. The zero-order valence-electron chi connectivity index (χ0n) is 10.9. The van der Waals surface area contributed by atoms with Crippen LogP contribution in [0.1, 0.15) is 5.56 Å². The van der Waals surface area contributed by atoms with Crippen molar-refractivity contribution in [3.63, 3.8) is 0 Å². The van der Waals surface area contributed by atoms with Crippen LogP contribution in [0.2, 0.25) is 10.0 Å². The number of benzene rings is 2. The minimum Gasteiger partial charge on any atom is -0.258 e. The number of aromatic nitrogens is 3. The Kier molecular flexibility index (Phi) is 4.48. The van der Waals surface area contributed by atoms with Crippen LogP contribution in [0.4, 0.5) is 0 Å². The van der Waals surface area contributed by atoms with E-state index in [-0.39, 0.29) is 0 Å². The Bertz CT molecular complexity index is 758. The molecule has 106 valence electrons. The number of H-pyrrole nitrogens is 1. The molecule has 0 aliphatic carbocycles. The molecule has 0 bridgehead atoms. The monoisotopic (exact) mass is 335 g/mol. The minimum absolute atomic E-state index is 0.649. The average molecular weight is 336 g/mol. The van der Waals surface area contributed by atoms with E-state index in [1.807, 2.05) is 48.5 Å². The van der Waals surface area contributed by atoms with Gasteiger partial charge in [0.2, 0.25) is 5.16 Å². The Labute approximate surface area is 136 Å². The van der Waals surface area contributed by atoms with Crippen LogP contribution in [0.5, 0.6) is 0 Å². The van der Waals surface area contributed by atoms with Gasteiger partial charge in [-0.3, -0.25) is 5.10 Å². The molecule has 3 aromatic rings. The van der Waals surface area contributed by atoms with Crippen LogP contribution >= 0.6 is 35.0 Å². The molecule has 0 spiro atoms. The fraction of sp³-hybridized carbons (Fsp3) is 0.0667. The SMILES string of the molecule is Clc1ccccc1CSc1n[nH]c(-c2ccccc2Cl)n1. The van der Waals surface area contributed by atoms with E-state index in [0.717, 1.165) is 21.9 Å². The third kappa shape index (κ3) is 3.40. The van der Waals surface area contributed by atoms with Gasteiger partial charge in [-0.05, 0) is 23.8 Å². The molecule has 0 atom stereocenters. The van der Waals surface area contributed by atoms with Gasteiger partial charge in [-0.1, -0.05) is 65.3 Å². The molecule has 1 aromatic heterocycles. The maximum absolute atomic E-state index is 6.15. The van der Waals surface area contributed by atoms with Crippen molar-refractivity contribution in [2.24, 2.45) is 0 Å². The molecular formula is C15H11Cl2N3S. The summed E-state index contributed by atoms with van der Waals surface area (Å²) in [4.78, 5) is 4.45. The van der Waals surface area contributed by atoms with Crippen molar-refractivity contribution in [3.05, 3.63) is 64.1 Å². The lowest BCUT2D eigenvalue weighted by atomic mass is 10.2. The zero-order chi connectivity index (χ0) is 14.7. The summed E-state index contributed by atoms with van der Waals surface area (Å²) < 4.78 is 0. The molecule has 3 nitrogen and oxygen atoms in total. The van der Waals surface area contributed by atoms with E-state index >= 15 is 0 Å². The van der Waals surface area contributed by atoms with Gasteiger partial charge in [0.1, 0.15) is 0 Å². The predicted octanol–water partition coefficient (Wildman–Crippen LogP) is 5.07. The van der Waals surface area contributed by atoms with Crippen LogP contribution in [-0.4, -0.2) is 15.2 Å². The molecule has 0 saturated heterocycles. The van der Waals surface area contributed by atoms with E-state index in [1.54, 1.807) is 0 Å². The molecule has 0 saturated carbocycles. The first-order chi connectivity index (χ1) is 10.2. The predicted molar refractivity (Wildman–Crippen MR) is 87.8 cm³/mol. The summed E-state index contributed by atoms with van der Waals surface area (Å²) in [6.07, 6.45) is 0. The fourth-order valence-corrected chi connectivity index (χ4v) is 3.15. The lowest BCUT2D eigenvalue weighted by molar-refractivity contribution is 0.973. The summed E-state index contributed by atoms with van der Waals surface area (Å²) in [5, 5.41) is 9.19. The second-order valence-electron chi connectivity index (χ2n) is 4.33. The molecule has 6 heteroatoms. The maximum atomic E-state index is 6.15. The summed E-state index contributed by atoms with van der Waals surface area (Å²) in [6, 6.07) is 15.3. The Balaban J connectivity index is 1.74.